The van der Waals surface area contributed by atoms with Gasteiger partial charge in [-0.05, 0) is 24.5 Å². The third-order valence-corrected chi connectivity index (χ3v) is 4.03. The lowest BCUT2D eigenvalue weighted by molar-refractivity contribution is 0.174. The monoisotopic (exact) mass is 231 g/mol. The van der Waals surface area contributed by atoms with Crippen LogP contribution < -0.4 is 4.90 Å². The molecule has 1 saturated carbocycles. The first-order chi connectivity index (χ1) is 8.33. The Bertz CT molecular complexity index is 444. The van der Waals surface area contributed by atoms with Crippen molar-refractivity contribution in [2.75, 3.05) is 12.0 Å². The van der Waals surface area contributed by atoms with Crippen molar-refractivity contribution in [3.05, 3.63) is 29.8 Å². The number of hydrogen-bond acceptors (Lipinski definition) is 2. The Labute approximate surface area is 101 Å². The van der Waals surface area contributed by atoms with E-state index in [9.17, 15) is 4.79 Å². The van der Waals surface area contributed by atoms with Crippen LogP contribution in [-0.4, -0.2) is 19.2 Å². The Morgan fingerprint density at radius 2 is 2.06 bits per heavy atom. The van der Waals surface area contributed by atoms with E-state index in [1.165, 1.54) is 31.9 Å². The molecule has 2 unspecified atom stereocenters. The van der Waals surface area contributed by atoms with Gasteiger partial charge in [-0.25, -0.2) is 4.79 Å². The number of hydrogen-bond donors (Lipinski definition) is 0. The highest BCUT2D eigenvalue weighted by atomic mass is 16.5. The summed E-state index contributed by atoms with van der Waals surface area (Å²) in [5.74, 6) is 0.513. The highest BCUT2D eigenvalue weighted by molar-refractivity contribution is 5.91. The molecular weight excluding hydrogens is 214 g/mol. The number of carbonyl (C=O) groups is 1. The van der Waals surface area contributed by atoms with Crippen molar-refractivity contribution in [3.8, 4) is 0 Å². The van der Waals surface area contributed by atoms with Gasteiger partial charge in [0, 0.05) is 12.0 Å². The van der Waals surface area contributed by atoms with E-state index in [0.29, 0.717) is 12.0 Å². The lowest BCUT2D eigenvalue weighted by Crippen LogP contribution is -2.40. The molecule has 0 bridgehead atoms. The van der Waals surface area contributed by atoms with E-state index >= 15 is 0 Å². The maximum absolute atomic E-state index is 11.9. The van der Waals surface area contributed by atoms with Crippen molar-refractivity contribution in [2.24, 2.45) is 0 Å². The van der Waals surface area contributed by atoms with Crippen LogP contribution in [0.4, 0.5) is 10.5 Å². The summed E-state index contributed by atoms with van der Waals surface area (Å²) in [6.45, 7) is 0. The van der Waals surface area contributed by atoms with Crippen molar-refractivity contribution in [2.45, 2.75) is 37.6 Å². The number of rotatable bonds is 0. The summed E-state index contributed by atoms with van der Waals surface area (Å²) < 4.78 is 4.93. The van der Waals surface area contributed by atoms with E-state index in [1.807, 2.05) is 17.0 Å². The van der Waals surface area contributed by atoms with Crippen molar-refractivity contribution in [3.63, 3.8) is 0 Å². The normalized spacial score (nSPS) is 26.3. The van der Waals surface area contributed by atoms with Gasteiger partial charge in [-0.2, -0.15) is 0 Å². The number of methoxy groups -OCH3 is 1. The van der Waals surface area contributed by atoms with Crippen LogP contribution in [0, 0.1) is 0 Å². The molecule has 1 aliphatic heterocycles. The summed E-state index contributed by atoms with van der Waals surface area (Å²) >= 11 is 0. The van der Waals surface area contributed by atoms with E-state index in [-0.39, 0.29) is 6.09 Å². The maximum Gasteiger partial charge on any atom is 0.414 e. The van der Waals surface area contributed by atoms with E-state index < -0.39 is 0 Å². The van der Waals surface area contributed by atoms with Gasteiger partial charge in [0.05, 0.1) is 12.8 Å². The zero-order valence-electron chi connectivity index (χ0n) is 10.1. The minimum absolute atomic E-state index is 0.216. The first kappa shape index (κ1) is 10.6. The molecular formula is C14H17NO2. The summed E-state index contributed by atoms with van der Waals surface area (Å²) in [6, 6.07) is 8.55. The molecule has 3 rings (SSSR count). The van der Waals surface area contributed by atoms with Crippen LogP contribution >= 0.6 is 0 Å². The van der Waals surface area contributed by atoms with Crippen LogP contribution in [-0.2, 0) is 4.74 Å². The van der Waals surface area contributed by atoms with E-state index in [2.05, 4.69) is 12.1 Å². The first-order valence-electron chi connectivity index (χ1n) is 6.29. The third kappa shape index (κ3) is 1.53. The van der Waals surface area contributed by atoms with E-state index in [1.54, 1.807) is 0 Å². The van der Waals surface area contributed by atoms with Gasteiger partial charge in [0.1, 0.15) is 0 Å². The minimum Gasteiger partial charge on any atom is -0.452 e. The second kappa shape index (κ2) is 4.06. The fourth-order valence-corrected chi connectivity index (χ4v) is 3.31. The summed E-state index contributed by atoms with van der Waals surface area (Å²) in [6.07, 6.45) is 4.54. The lowest BCUT2D eigenvalue weighted by atomic mass is 9.82. The first-order valence-corrected chi connectivity index (χ1v) is 6.29. The molecule has 3 heteroatoms. The molecule has 0 N–H and O–H groups in total. The zero-order chi connectivity index (χ0) is 11.8. The molecule has 0 spiro atoms. The SMILES string of the molecule is COC(=O)N1c2ccccc2C2CCCCC21. The summed E-state index contributed by atoms with van der Waals surface area (Å²) in [5.41, 5.74) is 2.37. The number of ether oxygens (including phenoxy) is 1. The van der Waals surface area contributed by atoms with Gasteiger partial charge in [-0.3, -0.25) is 4.90 Å². The molecule has 1 aromatic carbocycles. The van der Waals surface area contributed by atoms with Crippen LogP contribution in [0.2, 0.25) is 0 Å². The molecule has 0 aromatic heterocycles. The second-order valence-corrected chi connectivity index (χ2v) is 4.86. The molecule has 1 aliphatic carbocycles. The quantitative estimate of drug-likeness (QED) is 0.685. The Balaban J connectivity index is 2.05. The predicted molar refractivity (Wildman–Crippen MR) is 66.3 cm³/mol. The number of para-hydroxylation sites is 1. The average Bonchev–Trinajstić information content (AvgIpc) is 2.72. The Morgan fingerprint density at radius 1 is 1.29 bits per heavy atom. The van der Waals surface area contributed by atoms with Gasteiger partial charge in [0.15, 0.2) is 0 Å². The van der Waals surface area contributed by atoms with E-state index in [4.69, 9.17) is 4.74 Å². The maximum atomic E-state index is 11.9. The average molecular weight is 231 g/mol. The van der Waals surface area contributed by atoms with Crippen LogP contribution in [0.5, 0.6) is 0 Å². The Morgan fingerprint density at radius 3 is 2.88 bits per heavy atom. The fourth-order valence-electron chi connectivity index (χ4n) is 3.31. The largest absolute Gasteiger partial charge is 0.452 e. The van der Waals surface area contributed by atoms with Crippen LogP contribution in [0.25, 0.3) is 0 Å². The van der Waals surface area contributed by atoms with Crippen molar-refractivity contribution < 1.29 is 9.53 Å². The molecule has 3 nitrogen and oxygen atoms in total. The van der Waals surface area contributed by atoms with Gasteiger partial charge < -0.3 is 4.74 Å². The van der Waals surface area contributed by atoms with E-state index in [0.717, 1.165) is 12.1 Å². The number of carbonyl (C=O) groups excluding carboxylic acids is 1. The van der Waals surface area contributed by atoms with Crippen LogP contribution in [0.15, 0.2) is 24.3 Å². The molecule has 1 amide bonds. The Kier molecular flexibility index (Phi) is 2.54. The molecule has 2 aliphatic rings. The summed E-state index contributed by atoms with van der Waals surface area (Å²) in [5, 5.41) is 0. The number of amides is 1. The fraction of sp³-hybridized carbons (Fsp3) is 0.500. The number of fused-ring (bicyclic) bond motifs is 3. The molecule has 0 saturated heterocycles. The van der Waals surface area contributed by atoms with Gasteiger partial charge in [0.2, 0.25) is 0 Å². The molecule has 1 fully saturated rings. The topological polar surface area (TPSA) is 29.5 Å². The highest BCUT2D eigenvalue weighted by Gasteiger charge is 2.42. The molecule has 2 atom stereocenters. The second-order valence-electron chi connectivity index (χ2n) is 4.86. The van der Waals surface area contributed by atoms with Crippen LogP contribution in [0.1, 0.15) is 37.2 Å². The van der Waals surface area contributed by atoms with Crippen molar-refractivity contribution >= 4 is 11.8 Å². The predicted octanol–water partition coefficient (Wildman–Crippen LogP) is 3.30. The summed E-state index contributed by atoms with van der Waals surface area (Å²) in [7, 11) is 1.46. The van der Waals surface area contributed by atoms with Gasteiger partial charge in [0.25, 0.3) is 0 Å². The smallest absolute Gasteiger partial charge is 0.414 e. The Hall–Kier alpha value is -1.51. The van der Waals surface area contributed by atoms with Gasteiger partial charge >= 0.3 is 6.09 Å². The highest BCUT2D eigenvalue weighted by Crippen LogP contribution is 2.47. The van der Waals surface area contributed by atoms with Gasteiger partial charge in [-0.1, -0.05) is 31.0 Å². The van der Waals surface area contributed by atoms with Crippen molar-refractivity contribution in [1.82, 2.24) is 0 Å². The molecule has 17 heavy (non-hydrogen) atoms. The van der Waals surface area contributed by atoms with Crippen molar-refractivity contribution in [1.29, 1.82) is 0 Å². The third-order valence-electron chi connectivity index (χ3n) is 4.03. The summed E-state index contributed by atoms with van der Waals surface area (Å²) in [4.78, 5) is 13.8. The number of nitrogens with zero attached hydrogens (tertiary/aromatic N) is 1. The standard InChI is InChI=1S/C14H17NO2/c1-17-14(16)15-12-8-4-2-6-10(12)11-7-3-5-9-13(11)15/h2,4,6,8,11,13H,3,5,7,9H2,1H3. The molecule has 0 radical (unpaired) electrons. The van der Waals surface area contributed by atoms with Crippen LogP contribution in [0.3, 0.4) is 0 Å². The molecule has 90 valence electrons. The number of anilines is 1. The zero-order valence-corrected chi connectivity index (χ0v) is 10.1. The minimum atomic E-state index is -0.216. The molecule has 1 heterocycles. The number of benzene rings is 1. The lowest BCUT2D eigenvalue weighted by Gasteiger charge is -2.31. The molecule has 1 aromatic rings. The van der Waals surface area contributed by atoms with Gasteiger partial charge in [-0.15, -0.1) is 0 Å².